The van der Waals surface area contributed by atoms with Gasteiger partial charge in [0.2, 0.25) is 0 Å². The third kappa shape index (κ3) is 2.40. The van der Waals surface area contributed by atoms with Gasteiger partial charge in [0.15, 0.2) is 0 Å². The predicted molar refractivity (Wildman–Crippen MR) is 107 cm³/mol. The normalized spacial score (nSPS) is 13.7. The fraction of sp³-hybridized carbons (Fsp3) is 0. The minimum atomic E-state index is 0.995. The lowest BCUT2D eigenvalue weighted by atomic mass is 10.1. The van der Waals surface area contributed by atoms with Gasteiger partial charge in [-0.1, -0.05) is 36.4 Å². The fourth-order valence-corrected chi connectivity index (χ4v) is 3.32. The van der Waals surface area contributed by atoms with Crippen molar-refractivity contribution >= 4 is 33.2 Å². The fourth-order valence-electron chi connectivity index (χ4n) is 3.32. The molecule has 0 spiro atoms. The van der Waals surface area contributed by atoms with Crippen LogP contribution in [-0.4, -0.2) is 9.97 Å². The number of fused-ring (bicyclic) bond motifs is 2. The molecule has 1 aliphatic rings. The summed E-state index contributed by atoms with van der Waals surface area (Å²) in [4.78, 5) is 13.1. The van der Waals surface area contributed by atoms with Crippen LogP contribution in [-0.2, 0) is 0 Å². The molecule has 0 unspecified atom stereocenters. The summed E-state index contributed by atoms with van der Waals surface area (Å²) in [6, 6.07) is 20.4. The van der Waals surface area contributed by atoms with Crippen molar-refractivity contribution in [1.82, 2.24) is 9.97 Å². The Balaban J connectivity index is 1.52. The van der Waals surface area contributed by atoms with Crippen LogP contribution >= 0.6 is 0 Å². The van der Waals surface area contributed by atoms with Crippen LogP contribution in [0.1, 0.15) is 0 Å². The van der Waals surface area contributed by atoms with Crippen molar-refractivity contribution < 1.29 is 0 Å². The van der Waals surface area contributed by atoms with E-state index in [0.29, 0.717) is 0 Å². The molecule has 5 rings (SSSR count). The number of nitrogens with zero attached hydrogens (tertiary/aromatic N) is 4. The molecule has 124 valence electrons. The number of hydrogen-bond donors (Lipinski definition) is 0. The number of hydrogen-bond acceptors (Lipinski definition) is 4. The second kappa shape index (κ2) is 6.01. The first-order valence-electron chi connectivity index (χ1n) is 8.51. The van der Waals surface area contributed by atoms with Crippen LogP contribution in [0.2, 0.25) is 0 Å². The van der Waals surface area contributed by atoms with Crippen molar-refractivity contribution in [2.24, 2.45) is 0 Å². The molecule has 0 bridgehead atoms. The van der Waals surface area contributed by atoms with E-state index < -0.39 is 0 Å². The lowest BCUT2D eigenvalue weighted by molar-refractivity contribution is 1.16. The minimum absolute atomic E-state index is 0.995. The van der Waals surface area contributed by atoms with E-state index in [1.165, 1.54) is 0 Å². The van der Waals surface area contributed by atoms with E-state index in [-0.39, 0.29) is 0 Å². The van der Waals surface area contributed by atoms with Crippen molar-refractivity contribution in [1.29, 1.82) is 0 Å². The van der Waals surface area contributed by atoms with Crippen LogP contribution in [0.15, 0.2) is 97.9 Å². The van der Waals surface area contributed by atoms with Crippen molar-refractivity contribution in [2.45, 2.75) is 0 Å². The Morgan fingerprint density at radius 1 is 0.500 bits per heavy atom. The quantitative estimate of drug-likeness (QED) is 0.513. The molecule has 2 aromatic heterocycles. The number of para-hydroxylation sites is 2. The van der Waals surface area contributed by atoms with E-state index in [1.54, 1.807) is 0 Å². The molecule has 0 radical (unpaired) electrons. The lowest BCUT2D eigenvalue weighted by Gasteiger charge is -2.26. The lowest BCUT2D eigenvalue weighted by Crippen LogP contribution is -2.19. The minimum Gasteiger partial charge on any atom is -0.320 e. The first-order chi connectivity index (χ1) is 12.9. The molecule has 0 N–H and O–H groups in total. The number of pyridine rings is 2. The first-order valence-corrected chi connectivity index (χ1v) is 8.51. The predicted octanol–water partition coefficient (Wildman–Crippen LogP) is 5.05. The molecule has 3 heterocycles. The number of benzene rings is 2. The number of rotatable bonds is 2. The molecular formula is C22H16N4. The third-order valence-corrected chi connectivity index (χ3v) is 4.58. The second-order valence-corrected chi connectivity index (χ2v) is 6.11. The van der Waals surface area contributed by atoms with Crippen molar-refractivity contribution in [3.05, 3.63) is 97.9 Å². The summed E-state index contributed by atoms with van der Waals surface area (Å²) in [6.07, 6.45) is 12.0. The van der Waals surface area contributed by atoms with Gasteiger partial charge in [0.1, 0.15) is 0 Å². The highest BCUT2D eigenvalue weighted by Gasteiger charge is 2.12. The molecular weight excluding hydrogens is 320 g/mol. The van der Waals surface area contributed by atoms with Gasteiger partial charge in [0, 0.05) is 48.0 Å². The Bertz CT molecular complexity index is 1050. The van der Waals surface area contributed by atoms with E-state index >= 15 is 0 Å². The largest absolute Gasteiger partial charge is 0.320 e. The summed E-state index contributed by atoms with van der Waals surface area (Å²) in [6.45, 7) is 0. The Morgan fingerprint density at radius 2 is 0.923 bits per heavy atom. The average molecular weight is 336 g/mol. The zero-order valence-electron chi connectivity index (χ0n) is 14.0. The smallest absolute Gasteiger partial charge is 0.0723 e. The highest BCUT2D eigenvalue weighted by atomic mass is 15.2. The van der Waals surface area contributed by atoms with Crippen molar-refractivity contribution in [3.63, 3.8) is 0 Å². The van der Waals surface area contributed by atoms with Gasteiger partial charge in [-0.3, -0.25) is 9.97 Å². The average Bonchev–Trinajstić information content (AvgIpc) is 2.73. The summed E-state index contributed by atoms with van der Waals surface area (Å²) in [7, 11) is 0. The molecule has 0 amide bonds. The SMILES string of the molecule is C1=CN(c2ccnc3ccccc23)C=CN1c1ccnc2ccccc12. The van der Waals surface area contributed by atoms with Gasteiger partial charge in [-0.05, 0) is 24.3 Å². The van der Waals surface area contributed by atoms with Gasteiger partial charge in [0.25, 0.3) is 0 Å². The zero-order valence-corrected chi connectivity index (χ0v) is 14.0. The Hall–Kier alpha value is -3.66. The van der Waals surface area contributed by atoms with Crippen LogP contribution < -0.4 is 9.80 Å². The van der Waals surface area contributed by atoms with E-state index in [1.807, 2.05) is 60.9 Å². The molecule has 0 saturated carbocycles. The van der Waals surface area contributed by atoms with Gasteiger partial charge in [-0.15, -0.1) is 0 Å². The first kappa shape index (κ1) is 14.7. The highest BCUT2D eigenvalue weighted by Crippen LogP contribution is 2.30. The molecule has 4 nitrogen and oxygen atoms in total. The summed E-state index contributed by atoms with van der Waals surface area (Å²) >= 11 is 0. The molecule has 1 aliphatic heterocycles. The van der Waals surface area contributed by atoms with E-state index in [2.05, 4.69) is 56.7 Å². The Labute approximate surface area is 151 Å². The molecule has 2 aromatic carbocycles. The standard InChI is InChI=1S/C22H16N4/c1-3-7-19-17(5-1)21(9-11-23-19)25-13-15-26(16-14-25)22-10-12-24-20-8-4-2-6-18(20)22/h1-16H. The van der Waals surface area contributed by atoms with Crippen LogP contribution in [0.25, 0.3) is 21.8 Å². The van der Waals surface area contributed by atoms with Crippen molar-refractivity contribution in [2.75, 3.05) is 9.80 Å². The van der Waals surface area contributed by atoms with E-state index in [0.717, 1.165) is 33.2 Å². The molecule has 4 heteroatoms. The van der Waals surface area contributed by atoms with Crippen molar-refractivity contribution in [3.8, 4) is 0 Å². The summed E-state index contributed by atoms with van der Waals surface area (Å²) in [5.41, 5.74) is 4.22. The van der Waals surface area contributed by atoms with Crippen LogP contribution in [0.3, 0.4) is 0 Å². The van der Waals surface area contributed by atoms with Gasteiger partial charge < -0.3 is 9.80 Å². The summed E-state index contributed by atoms with van der Waals surface area (Å²) in [5.74, 6) is 0. The molecule has 26 heavy (non-hydrogen) atoms. The van der Waals surface area contributed by atoms with Gasteiger partial charge >= 0.3 is 0 Å². The second-order valence-electron chi connectivity index (χ2n) is 6.11. The van der Waals surface area contributed by atoms with Gasteiger partial charge in [0.05, 0.1) is 22.4 Å². The molecule has 0 aliphatic carbocycles. The van der Waals surface area contributed by atoms with E-state index in [4.69, 9.17) is 0 Å². The molecule has 4 aromatic rings. The third-order valence-electron chi connectivity index (χ3n) is 4.58. The Kier molecular flexibility index (Phi) is 3.39. The molecule has 0 saturated heterocycles. The van der Waals surface area contributed by atoms with E-state index in [9.17, 15) is 0 Å². The summed E-state index contributed by atoms with van der Waals surface area (Å²) in [5, 5.41) is 2.26. The molecule has 0 atom stereocenters. The van der Waals surface area contributed by atoms with Crippen LogP contribution in [0, 0.1) is 0 Å². The van der Waals surface area contributed by atoms with Gasteiger partial charge in [-0.25, -0.2) is 0 Å². The Morgan fingerprint density at radius 3 is 1.38 bits per heavy atom. The highest BCUT2D eigenvalue weighted by molar-refractivity contribution is 5.94. The van der Waals surface area contributed by atoms with Gasteiger partial charge in [-0.2, -0.15) is 0 Å². The van der Waals surface area contributed by atoms with Crippen LogP contribution in [0.5, 0.6) is 0 Å². The maximum absolute atomic E-state index is 4.44. The number of anilines is 2. The maximum Gasteiger partial charge on any atom is 0.0723 e. The monoisotopic (exact) mass is 336 g/mol. The molecule has 0 fully saturated rings. The number of aromatic nitrogens is 2. The maximum atomic E-state index is 4.44. The topological polar surface area (TPSA) is 32.3 Å². The summed E-state index contributed by atoms with van der Waals surface area (Å²) < 4.78 is 0. The van der Waals surface area contributed by atoms with Crippen LogP contribution in [0.4, 0.5) is 11.4 Å². The zero-order chi connectivity index (χ0) is 17.3.